The molecule has 46 valence electrons. The predicted molar refractivity (Wildman–Crippen MR) is 29.4 cm³/mol. The first-order valence-corrected chi connectivity index (χ1v) is 2.51. The van der Waals surface area contributed by atoms with E-state index in [1.165, 1.54) is 0 Å². The van der Waals surface area contributed by atoms with Crippen LogP contribution in [0.15, 0.2) is 0 Å². The zero-order chi connectivity index (χ0) is 6.41. The van der Waals surface area contributed by atoms with Gasteiger partial charge in [-0.1, -0.05) is 6.92 Å². The summed E-state index contributed by atoms with van der Waals surface area (Å²) in [4.78, 5) is 19.9. The van der Waals surface area contributed by atoms with E-state index in [2.05, 4.69) is 5.32 Å². The van der Waals surface area contributed by atoms with E-state index < -0.39 is 0 Å². The van der Waals surface area contributed by atoms with Crippen molar-refractivity contribution in [3.05, 3.63) is 0 Å². The third-order valence-corrected chi connectivity index (χ3v) is 0.704. The average molecular weight is 115 g/mol. The van der Waals surface area contributed by atoms with Crippen LogP contribution in [0.5, 0.6) is 0 Å². The Kier molecular flexibility index (Phi) is 3.84. The quantitative estimate of drug-likeness (QED) is 0.514. The smallest absolute Gasteiger partial charge is 0.220 e. The van der Waals surface area contributed by atoms with Gasteiger partial charge in [-0.25, -0.2) is 0 Å². The van der Waals surface area contributed by atoms with Gasteiger partial charge in [-0.15, -0.1) is 0 Å². The molecule has 8 heavy (non-hydrogen) atoms. The van der Waals surface area contributed by atoms with Crippen molar-refractivity contribution < 1.29 is 9.59 Å². The molecule has 0 saturated heterocycles. The normalized spacial score (nSPS) is 8.12. The number of nitrogens with one attached hydrogen (secondary N) is 1. The number of aldehydes is 1. The molecule has 0 radical (unpaired) electrons. The second kappa shape index (κ2) is 4.30. The molecule has 0 aromatic rings. The Bertz CT molecular complexity index is 90.4. The lowest BCUT2D eigenvalue weighted by atomic mass is 10.4. The molecule has 0 aromatic heterocycles. The zero-order valence-corrected chi connectivity index (χ0v) is 4.81. The summed E-state index contributed by atoms with van der Waals surface area (Å²) >= 11 is 0. The standard InChI is InChI=1S/C5H9NO2/c1-2-5(8)6-3-4-7/h4H,2-3H2,1H3,(H,6,8). The molecule has 0 bridgehead atoms. The fraction of sp³-hybridized carbons (Fsp3) is 0.600. The Morgan fingerprint density at radius 3 is 2.75 bits per heavy atom. The molecular weight excluding hydrogens is 106 g/mol. The lowest BCUT2D eigenvalue weighted by Gasteiger charge is -1.93. The van der Waals surface area contributed by atoms with Crippen LogP contribution in [0.25, 0.3) is 0 Å². The molecule has 0 aromatic carbocycles. The van der Waals surface area contributed by atoms with Crippen molar-refractivity contribution in [2.24, 2.45) is 0 Å². The second-order valence-electron chi connectivity index (χ2n) is 1.32. The van der Waals surface area contributed by atoms with Gasteiger partial charge in [0.15, 0.2) is 0 Å². The molecule has 0 fully saturated rings. The first-order chi connectivity index (χ1) is 3.81. The summed E-state index contributed by atoms with van der Waals surface area (Å²) in [5, 5.41) is 2.38. The Morgan fingerprint density at radius 1 is 1.75 bits per heavy atom. The first kappa shape index (κ1) is 7.14. The second-order valence-corrected chi connectivity index (χ2v) is 1.32. The van der Waals surface area contributed by atoms with Crippen LogP contribution >= 0.6 is 0 Å². The lowest BCUT2D eigenvalue weighted by molar-refractivity contribution is -0.122. The van der Waals surface area contributed by atoms with Gasteiger partial charge in [0.05, 0.1) is 6.54 Å². The molecule has 3 nitrogen and oxygen atoms in total. The van der Waals surface area contributed by atoms with Crippen LogP contribution < -0.4 is 5.32 Å². The molecule has 0 aliphatic rings. The molecular formula is C5H9NO2. The van der Waals surface area contributed by atoms with Crippen LogP contribution in [-0.2, 0) is 9.59 Å². The molecule has 0 aliphatic carbocycles. The third kappa shape index (κ3) is 3.33. The zero-order valence-electron chi connectivity index (χ0n) is 4.81. The van der Waals surface area contributed by atoms with Gasteiger partial charge in [0.1, 0.15) is 6.29 Å². The number of rotatable bonds is 3. The molecule has 0 unspecified atom stereocenters. The largest absolute Gasteiger partial charge is 0.349 e. The number of carbonyl (C=O) groups is 2. The summed E-state index contributed by atoms with van der Waals surface area (Å²) in [5.74, 6) is -0.0860. The van der Waals surface area contributed by atoms with Crippen LogP contribution in [0.2, 0.25) is 0 Å². The highest BCUT2D eigenvalue weighted by Crippen LogP contribution is 1.70. The minimum atomic E-state index is -0.0860. The molecule has 1 amide bonds. The number of amides is 1. The first-order valence-electron chi connectivity index (χ1n) is 2.51. The fourth-order valence-electron chi connectivity index (χ4n) is 0.281. The number of carbonyl (C=O) groups excluding carboxylic acids is 2. The van der Waals surface area contributed by atoms with Crippen LogP contribution in [0.4, 0.5) is 0 Å². The van der Waals surface area contributed by atoms with Gasteiger partial charge >= 0.3 is 0 Å². The Labute approximate surface area is 48.1 Å². The van der Waals surface area contributed by atoms with Crippen molar-refractivity contribution in [2.75, 3.05) is 6.54 Å². The van der Waals surface area contributed by atoms with E-state index in [4.69, 9.17) is 0 Å². The maximum Gasteiger partial charge on any atom is 0.220 e. The molecule has 0 atom stereocenters. The monoisotopic (exact) mass is 115 g/mol. The summed E-state index contributed by atoms with van der Waals surface area (Å²) in [6, 6.07) is 0. The van der Waals surface area contributed by atoms with Gasteiger partial charge in [0.2, 0.25) is 5.91 Å². The van der Waals surface area contributed by atoms with E-state index >= 15 is 0 Å². The van der Waals surface area contributed by atoms with Gasteiger partial charge < -0.3 is 10.1 Å². The van der Waals surface area contributed by atoms with Gasteiger partial charge in [-0.3, -0.25) is 4.79 Å². The highest BCUT2D eigenvalue weighted by molar-refractivity contribution is 5.77. The minimum absolute atomic E-state index is 0.0860. The van der Waals surface area contributed by atoms with Crippen molar-refractivity contribution in [2.45, 2.75) is 13.3 Å². The van der Waals surface area contributed by atoms with Crippen LogP contribution in [-0.4, -0.2) is 18.7 Å². The SMILES string of the molecule is CCC(=O)NCC=O. The van der Waals surface area contributed by atoms with E-state index in [-0.39, 0.29) is 12.5 Å². The van der Waals surface area contributed by atoms with Gasteiger partial charge in [0.25, 0.3) is 0 Å². The molecule has 0 spiro atoms. The fourth-order valence-corrected chi connectivity index (χ4v) is 0.281. The van der Waals surface area contributed by atoms with E-state index in [9.17, 15) is 9.59 Å². The Hall–Kier alpha value is -0.860. The van der Waals surface area contributed by atoms with E-state index in [0.29, 0.717) is 12.7 Å². The van der Waals surface area contributed by atoms with Crippen molar-refractivity contribution in [3.63, 3.8) is 0 Å². The van der Waals surface area contributed by atoms with Crippen molar-refractivity contribution in [1.82, 2.24) is 5.32 Å². The van der Waals surface area contributed by atoms with Gasteiger partial charge in [0, 0.05) is 6.42 Å². The van der Waals surface area contributed by atoms with Crippen LogP contribution in [0.1, 0.15) is 13.3 Å². The van der Waals surface area contributed by atoms with Crippen molar-refractivity contribution in [1.29, 1.82) is 0 Å². The molecule has 1 N–H and O–H groups in total. The Morgan fingerprint density at radius 2 is 2.38 bits per heavy atom. The summed E-state index contributed by atoms with van der Waals surface area (Å²) in [6.45, 7) is 1.87. The molecule has 0 rings (SSSR count). The van der Waals surface area contributed by atoms with E-state index in [1.54, 1.807) is 6.92 Å². The molecule has 0 saturated carbocycles. The summed E-state index contributed by atoms with van der Waals surface area (Å²) in [6.07, 6.45) is 1.10. The number of hydrogen-bond acceptors (Lipinski definition) is 2. The average Bonchev–Trinajstić information content (AvgIpc) is 1.83. The maximum absolute atomic E-state index is 10.3. The topological polar surface area (TPSA) is 46.2 Å². The van der Waals surface area contributed by atoms with E-state index in [1.807, 2.05) is 0 Å². The molecule has 0 heterocycles. The van der Waals surface area contributed by atoms with Crippen molar-refractivity contribution >= 4 is 12.2 Å². The van der Waals surface area contributed by atoms with E-state index in [0.717, 1.165) is 0 Å². The van der Waals surface area contributed by atoms with Crippen molar-refractivity contribution in [3.8, 4) is 0 Å². The highest BCUT2D eigenvalue weighted by atomic mass is 16.2. The lowest BCUT2D eigenvalue weighted by Crippen LogP contribution is -2.23. The predicted octanol–water partition coefficient (Wildman–Crippen LogP) is -0.289. The maximum atomic E-state index is 10.3. The minimum Gasteiger partial charge on any atom is -0.349 e. The summed E-state index contributed by atoms with van der Waals surface area (Å²) in [5.41, 5.74) is 0. The summed E-state index contributed by atoms with van der Waals surface area (Å²) in [7, 11) is 0. The summed E-state index contributed by atoms with van der Waals surface area (Å²) < 4.78 is 0. The van der Waals surface area contributed by atoms with Crippen LogP contribution in [0, 0.1) is 0 Å². The van der Waals surface area contributed by atoms with Gasteiger partial charge in [-0.05, 0) is 0 Å². The number of hydrogen-bond donors (Lipinski definition) is 1. The molecule has 0 aliphatic heterocycles. The van der Waals surface area contributed by atoms with Gasteiger partial charge in [-0.2, -0.15) is 0 Å². The molecule has 3 heteroatoms. The third-order valence-electron chi connectivity index (χ3n) is 0.704. The van der Waals surface area contributed by atoms with Crippen LogP contribution in [0.3, 0.4) is 0 Å². The Balaban J connectivity index is 3.11. The highest BCUT2D eigenvalue weighted by Gasteiger charge is 1.90.